The lowest BCUT2D eigenvalue weighted by atomic mass is 10.1. The van der Waals surface area contributed by atoms with E-state index >= 15 is 0 Å². The summed E-state index contributed by atoms with van der Waals surface area (Å²) in [7, 11) is 0. The molecule has 1 aliphatic heterocycles. The minimum Gasteiger partial charge on any atom is -0.465 e. The third kappa shape index (κ3) is 3.74. The van der Waals surface area contributed by atoms with Gasteiger partial charge in [-0.2, -0.15) is 0 Å². The molecule has 0 aromatic rings. The molecule has 0 bridgehead atoms. The summed E-state index contributed by atoms with van der Waals surface area (Å²) < 4.78 is 0. The molecule has 1 saturated heterocycles. The molecule has 0 aromatic carbocycles. The largest absolute Gasteiger partial charge is 0.465 e. The van der Waals surface area contributed by atoms with Crippen molar-refractivity contribution in [2.24, 2.45) is 0 Å². The molecule has 5 nitrogen and oxygen atoms in total. The number of rotatable bonds is 6. The smallest absolute Gasteiger partial charge is 0.405 e. The molecule has 1 unspecified atom stereocenters. The molecule has 0 aliphatic carbocycles. The Bertz CT molecular complexity index is 204. The Morgan fingerprint density at radius 2 is 2.29 bits per heavy atom. The van der Waals surface area contributed by atoms with Crippen molar-refractivity contribution in [1.29, 1.82) is 0 Å². The molecule has 1 fully saturated rings. The van der Waals surface area contributed by atoms with Crippen LogP contribution < -0.4 is 5.32 Å². The summed E-state index contributed by atoms with van der Waals surface area (Å²) in [5.41, 5.74) is 0. The number of hydrogen-bond donors (Lipinski definition) is 2. The van der Waals surface area contributed by atoms with Crippen molar-refractivity contribution < 1.29 is 14.7 Å². The van der Waals surface area contributed by atoms with Crippen LogP contribution in [0.4, 0.5) is 4.79 Å². The molecule has 1 heterocycles. The molecule has 1 aliphatic rings. The Balaban J connectivity index is 2.06. The second-order valence-corrected chi connectivity index (χ2v) is 3.53. The van der Waals surface area contributed by atoms with Crippen molar-refractivity contribution in [3.63, 3.8) is 0 Å². The lowest BCUT2D eigenvalue weighted by Crippen LogP contribution is -2.39. The lowest BCUT2D eigenvalue weighted by Gasteiger charge is -2.30. The van der Waals surface area contributed by atoms with Gasteiger partial charge in [-0.3, -0.25) is 0 Å². The maximum Gasteiger partial charge on any atom is 0.405 e. The number of hydrogen-bond acceptors (Lipinski definition) is 3. The van der Waals surface area contributed by atoms with E-state index in [2.05, 4.69) is 10.2 Å². The Morgan fingerprint density at radius 1 is 1.57 bits per heavy atom. The number of aldehydes is 1. The highest BCUT2D eigenvalue weighted by molar-refractivity contribution is 5.71. The molecule has 1 atom stereocenters. The fourth-order valence-electron chi connectivity index (χ4n) is 1.47. The van der Waals surface area contributed by atoms with Crippen LogP contribution in [0.5, 0.6) is 0 Å². The van der Waals surface area contributed by atoms with Gasteiger partial charge in [-0.05, 0) is 38.9 Å². The molecule has 14 heavy (non-hydrogen) atoms. The van der Waals surface area contributed by atoms with E-state index in [-0.39, 0.29) is 0 Å². The topological polar surface area (TPSA) is 69.6 Å². The van der Waals surface area contributed by atoms with Gasteiger partial charge in [-0.15, -0.1) is 0 Å². The minimum absolute atomic E-state index is 0.547. The van der Waals surface area contributed by atoms with Gasteiger partial charge in [0.05, 0.1) is 6.04 Å². The quantitative estimate of drug-likeness (QED) is 0.605. The van der Waals surface area contributed by atoms with Crippen LogP contribution in [-0.4, -0.2) is 48.1 Å². The summed E-state index contributed by atoms with van der Waals surface area (Å²) in [5.74, 6) is 0. The zero-order valence-corrected chi connectivity index (χ0v) is 8.11. The van der Waals surface area contributed by atoms with Crippen LogP contribution in [0.25, 0.3) is 0 Å². The summed E-state index contributed by atoms with van der Waals surface area (Å²) in [5, 5.41) is 10.6. The van der Waals surface area contributed by atoms with Gasteiger partial charge >= 0.3 is 6.09 Å². The highest BCUT2D eigenvalue weighted by Gasteiger charge is 2.14. The zero-order valence-electron chi connectivity index (χ0n) is 8.11. The van der Waals surface area contributed by atoms with E-state index in [0.717, 1.165) is 26.1 Å². The first-order chi connectivity index (χ1) is 6.72. The van der Waals surface area contributed by atoms with E-state index < -0.39 is 12.1 Å². The van der Waals surface area contributed by atoms with Crippen LogP contribution in [0.15, 0.2) is 0 Å². The van der Waals surface area contributed by atoms with Crippen LogP contribution in [-0.2, 0) is 4.79 Å². The summed E-state index contributed by atoms with van der Waals surface area (Å²) >= 11 is 0. The zero-order chi connectivity index (χ0) is 10.4. The fourth-order valence-corrected chi connectivity index (χ4v) is 1.47. The third-order valence-corrected chi connectivity index (χ3v) is 2.41. The molecule has 5 heteroatoms. The predicted molar refractivity (Wildman–Crippen MR) is 51.3 cm³/mol. The molecule has 2 N–H and O–H groups in total. The van der Waals surface area contributed by atoms with E-state index in [1.54, 1.807) is 0 Å². The first-order valence-corrected chi connectivity index (χ1v) is 4.89. The van der Waals surface area contributed by atoms with Crippen molar-refractivity contribution in [1.82, 2.24) is 10.2 Å². The lowest BCUT2D eigenvalue weighted by molar-refractivity contribution is -0.109. The van der Waals surface area contributed by atoms with E-state index in [1.165, 1.54) is 6.42 Å². The second kappa shape index (κ2) is 5.59. The second-order valence-electron chi connectivity index (χ2n) is 3.53. The fraction of sp³-hybridized carbons (Fsp3) is 0.778. The van der Waals surface area contributed by atoms with Gasteiger partial charge in [0.2, 0.25) is 0 Å². The number of nitrogens with one attached hydrogen (secondary N) is 1. The van der Waals surface area contributed by atoms with Gasteiger partial charge in [0.25, 0.3) is 0 Å². The van der Waals surface area contributed by atoms with Crippen LogP contribution in [0.3, 0.4) is 0 Å². The maximum atomic E-state index is 10.5. The maximum absolute atomic E-state index is 10.5. The van der Waals surface area contributed by atoms with Crippen molar-refractivity contribution in [2.45, 2.75) is 25.3 Å². The van der Waals surface area contributed by atoms with Crippen molar-refractivity contribution in [3.05, 3.63) is 0 Å². The third-order valence-electron chi connectivity index (χ3n) is 2.41. The van der Waals surface area contributed by atoms with Gasteiger partial charge in [0, 0.05) is 0 Å². The van der Waals surface area contributed by atoms with Crippen LogP contribution in [0, 0.1) is 0 Å². The Kier molecular flexibility index (Phi) is 4.39. The molecule has 1 amide bonds. The molecule has 1 rings (SSSR count). The molecule has 0 saturated carbocycles. The van der Waals surface area contributed by atoms with Gasteiger partial charge in [0.15, 0.2) is 0 Å². The average Bonchev–Trinajstić information content (AvgIpc) is 2.06. The number of carbonyl (C=O) groups is 2. The van der Waals surface area contributed by atoms with Gasteiger partial charge in [0.1, 0.15) is 6.29 Å². The number of likely N-dealkylation sites (tertiary alicyclic amines) is 1. The standard InChI is InChI=1S/C9H16N2O3/c12-7-8(10-9(13)14)3-1-4-11-5-2-6-11/h7-8,10H,1-6H2,(H,13,14). The monoisotopic (exact) mass is 200 g/mol. The molecule has 0 aromatic heterocycles. The van der Waals surface area contributed by atoms with E-state index in [1.807, 2.05) is 0 Å². The van der Waals surface area contributed by atoms with Crippen molar-refractivity contribution in [2.75, 3.05) is 19.6 Å². The predicted octanol–water partition coefficient (Wildman–Crippen LogP) is 0.307. The number of carbonyl (C=O) groups excluding carboxylic acids is 1. The SMILES string of the molecule is O=CC(CCCN1CCC1)NC(=O)O. The highest BCUT2D eigenvalue weighted by atomic mass is 16.4. The number of carboxylic acid groups (broad SMARTS) is 1. The van der Waals surface area contributed by atoms with Crippen LogP contribution >= 0.6 is 0 Å². The molecular formula is C9H16N2O3. The van der Waals surface area contributed by atoms with Gasteiger partial charge in [-0.1, -0.05) is 0 Å². The van der Waals surface area contributed by atoms with Gasteiger partial charge < -0.3 is 20.1 Å². The summed E-state index contributed by atoms with van der Waals surface area (Å²) in [6.45, 7) is 3.24. The van der Waals surface area contributed by atoms with Crippen molar-refractivity contribution in [3.8, 4) is 0 Å². The number of amides is 1. The Labute approximate surface area is 83.1 Å². The Morgan fingerprint density at radius 3 is 2.71 bits per heavy atom. The number of nitrogens with zero attached hydrogens (tertiary/aromatic N) is 1. The summed E-state index contributed by atoms with van der Waals surface area (Å²) in [6.07, 6.45) is 2.23. The molecule has 0 radical (unpaired) electrons. The van der Waals surface area contributed by atoms with Crippen molar-refractivity contribution >= 4 is 12.4 Å². The first-order valence-electron chi connectivity index (χ1n) is 4.89. The van der Waals surface area contributed by atoms with E-state index in [9.17, 15) is 9.59 Å². The highest BCUT2D eigenvalue weighted by Crippen LogP contribution is 2.07. The first kappa shape index (κ1) is 11.0. The molecule has 0 spiro atoms. The normalized spacial score (nSPS) is 18.3. The minimum atomic E-state index is -1.13. The van der Waals surface area contributed by atoms with Crippen LogP contribution in [0.1, 0.15) is 19.3 Å². The van der Waals surface area contributed by atoms with E-state index in [0.29, 0.717) is 12.7 Å². The van der Waals surface area contributed by atoms with Crippen LogP contribution in [0.2, 0.25) is 0 Å². The Hall–Kier alpha value is -1.10. The van der Waals surface area contributed by atoms with Gasteiger partial charge in [-0.25, -0.2) is 4.79 Å². The average molecular weight is 200 g/mol. The molecule has 80 valence electrons. The molecular weight excluding hydrogens is 184 g/mol. The summed E-state index contributed by atoms with van der Waals surface area (Å²) in [6, 6.07) is -0.547. The summed E-state index contributed by atoms with van der Waals surface area (Å²) in [4.78, 5) is 23.0. The van der Waals surface area contributed by atoms with E-state index in [4.69, 9.17) is 5.11 Å².